The molecule has 0 aliphatic heterocycles. The van der Waals surface area contributed by atoms with Crippen molar-refractivity contribution in [3.63, 3.8) is 0 Å². The SMILES string of the molecule is C[C@H](Nc1nccc(Cl)n1)c1cc2cc(Cl)ccc2[nH]c1=O.S. The summed E-state index contributed by atoms with van der Waals surface area (Å²) in [6, 6.07) is 8.43. The highest BCUT2D eigenvalue weighted by Gasteiger charge is 2.12. The highest BCUT2D eigenvalue weighted by atomic mass is 35.5. The normalized spacial score (nSPS) is 11.8. The molecule has 1 aromatic carbocycles. The lowest BCUT2D eigenvalue weighted by molar-refractivity contribution is 0.845. The summed E-state index contributed by atoms with van der Waals surface area (Å²) in [5.74, 6) is 0.366. The van der Waals surface area contributed by atoms with Gasteiger partial charge in [0.05, 0.1) is 6.04 Å². The molecule has 0 saturated carbocycles. The summed E-state index contributed by atoms with van der Waals surface area (Å²) in [6.07, 6.45) is 1.55. The highest BCUT2D eigenvalue weighted by molar-refractivity contribution is 7.59. The van der Waals surface area contributed by atoms with Gasteiger partial charge in [0, 0.05) is 27.7 Å². The van der Waals surface area contributed by atoms with Gasteiger partial charge in [0.15, 0.2) is 0 Å². The Hall–Kier alpha value is -1.76. The lowest BCUT2D eigenvalue weighted by atomic mass is 10.1. The van der Waals surface area contributed by atoms with E-state index >= 15 is 0 Å². The molecule has 0 amide bonds. The van der Waals surface area contributed by atoms with E-state index < -0.39 is 0 Å². The third-order valence-corrected chi connectivity index (χ3v) is 3.71. The Morgan fingerprint density at radius 2 is 2.00 bits per heavy atom. The topological polar surface area (TPSA) is 70.7 Å². The third-order valence-electron chi connectivity index (χ3n) is 3.27. The van der Waals surface area contributed by atoms with E-state index in [-0.39, 0.29) is 25.1 Å². The summed E-state index contributed by atoms with van der Waals surface area (Å²) in [7, 11) is 0. The molecule has 23 heavy (non-hydrogen) atoms. The number of aromatic amines is 1. The maximum Gasteiger partial charge on any atom is 0.253 e. The van der Waals surface area contributed by atoms with Gasteiger partial charge in [-0.3, -0.25) is 4.79 Å². The Balaban J connectivity index is 0.00000192. The molecule has 5 nitrogen and oxygen atoms in total. The molecule has 0 aliphatic carbocycles. The van der Waals surface area contributed by atoms with Crippen LogP contribution >= 0.6 is 36.7 Å². The lowest BCUT2D eigenvalue weighted by Crippen LogP contribution is -2.20. The fourth-order valence-corrected chi connectivity index (χ4v) is 2.51. The molecule has 0 spiro atoms. The van der Waals surface area contributed by atoms with Crippen LogP contribution < -0.4 is 10.9 Å². The van der Waals surface area contributed by atoms with Crippen LogP contribution in [-0.2, 0) is 0 Å². The smallest absolute Gasteiger partial charge is 0.253 e. The molecule has 120 valence electrons. The molecule has 3 rings (SSSR count). The Labute approximate surface area is 149 Å². The predicted octanol–water partition coefficient (Wildman–Crippen LogP) is 3.91. The minimum Gasteiger partial charge on any atom is -0.347 e. The number of fused-ring (bicyclic) bond motifs is 1. The van der Waals surface area contributed by atoms with Crippen LogP contribution in [-0.4, -0.2) is 15.0 Å². The van der Waals surface area contributed by atoms with Crippen molar-refractivity contribution in [1.82, 2.24) is 15.0 Å². The largest absolute Gasteiger partial charge is 0.347 e. The molecule has 1 atom stereocenters. The van der Waals surface area contributed by atoms with Gasteiger partial charge < -0.3 is 10.3 Å². The molecule has 2 heterocycles. The number of nitrogens with one attached hydrogen (secondary N) is 2. The molecule has 0 bridgehead atoms. The van der Waals surface area contributed by atoms with Crippen LogP contribution in [0, 0.1) is 0 Å². The van der Waals surface area contributed by atoms with Gasteiger partial charge in [0.25, 0.3) is 5.56 Å². The summed E-state index contributed by atoms with van der Waals surface area (Å²) in [4.78, 5) is 23.2. The number of hydrogen-bond acceptors (Lipinski definition) is 4. The molecule has 0 radical (unpaired) electrons. The zero-order chi connectivity index (χ0) is 15.7. The molecule has 0 fully saturated rings. The Morgan fingerprint density at radius 3 is 2.74 bits per heavy atom. The fourth-order valence-electron chi connectivity index (χ4n) is 2.19. The quantitative estimate of drug-likeness (QED) is 0.687. The second-order valence-corrected chi connectivity index (χ2v) is 5.68. The second-order valence-electron chi connectivity index (χ2n) is 4.85. The van der Waals surface area contributed by atoms with Crippen molar-refractivity contribution < 1.29 is 0 Å². The summed E-state index contributed by atoms with van der Waals surface area (Å²) >= 11 is 11.8. The monoisotopic (exact) mass is 368 g/mol. The molecule has 8 heteroatoms. The van der Waals surface area contributed by atoms with Gasteiger partial charge in [-0.25, -0.2) is 9.97 Å². The van der Waals surface area contributed by atoms with Gasteiger partial charge in [0.1, 0.15) is 5.15 Å². The van der Waals surface area contributed by atoms with E-state index in [1.54, 1.807) is 30.5 Å². The first-order chi connectivity index (χ1) is 10.5. The zero-order valence-corrected chi connectivity index (χ0v) is 14.6. The number of rotatable bonds is 3. The Kier molecular flexibility index (Phi) is 5.51. The van der Waals surface area contributed by atoms with Crippen molar-refractivity contribution in [1.29, 1.82) is 0 Å². The van der Waals surface area contributed by atoms with Crippen LogP contribution in [0.5, 0.6) is 0 Å². The van der Waals surface area contributed by atoms with Gasteiger partial charge >= 0.3 is 0 Å². The number of anilines is 1. The predicted molar refractivity (Wildman–Crippen MR) is 99.0 cm³/mol. The van der Waals surface area contributed by atoms with E-state index in [2.05, 4.69) is 20.3 Å². The number of pyridine rings is 1. The molecule has 2 N–H and O–H groups in total. The van der Waals surface area contributed by atoms with Crippen molar-refractivity contribution >= 4 is 53.5 Å². The molecule has 3 aromatic rings. The van der Waals surface area contributed by atoms with Gasteiger partial charge in [0.2, 0.25) is 5.95 Å². The van der Waals surface area contributed by atoms with Crippen molar-refractivity contribution in [2.75, 3.05) is 5.32 Å². The van der Waals surface area contributed by atoms with Crippen molar-refractivity contribution in [3.05, 3.63) is 62.6 Å². The first kappa shape index (κ1) is 17.6. The van der Waals surface area contributed by atoms with Crippen LogP contribution in [0.25, 0.3) is 10.9 Å². The average molecular weight is 369 g/mol. The lowest BCUT2D eigenvalue weighted by Gasteiger charge is -2.14. The molecule has 2 aromatic heterocycles. The molecule has 0 aliphatic rings. The number of aromatic nitrogens is 3. The number of benzene rings is 1. The van der Waals surface area contributed by atoms with Crippen molar-refractivity contribution in [3.8, 4) is 0 Å². The summed E-state index contributed by atoms with van der Waals surface area (Å²) < 4.78 is 0. The fraction of sp³-hybridized carbons (Fsp3) is 0.133. The number of halogens is 2. The summed E-state index contributed by atoms with van der Waals surface area (Å²) in [6.45, 7) is 1.85. The summed E-state index contributed by atoms with van der Waals surface area (Å²) in [5.41, 5.74) is 1.14. The Morgan fingerprint density at radius 1 is 1.22 bits per heavy atom. The third kappa shape index (κ3) is 3.96. The maximum atomic E-state index is 12.2. The first-order valence-corrected chi connectivity index (χ1v) is 7.36. The van der Waals surface area contributed by atoms with E-state index in [1.807, 2.05) is 13.0 Å². The summed E-state index contributed by atoms with van der Waals surface area (Å²) in [5, 5.41) is 4.88. The van der Waals surface area contributed by atoms with Crippen LogP contribution in [0.15, 0.2) is 41.3 Å². The minimum absolute atomic E-state index is 0. The van der Waals surface area contributed by atoms with E-state index in [0.717, 1.165) is 10.9 Å². The molecular formula is C15H14Cl2N4OS. The number of nitrogens with zero attached hydrogens (tertiary/aromatic N) is 2. The zero-order valence-electron chi connectivity index (χ0n) is 12.1. The minimum atomic E-state index is -0.286. The van der Waals surface area contributed by atoms with E-state index in [1.165, 1.54) is 0 Å². The molecule has 0 unspecified atom stereocenters. The van der Waals surface area contributed by atoms with E-state index in [4.69, 9.17) is 23.2 Å². The first-order valence-electron chi connectivity index (χ1n) is 6.60. The van der Waals surface area contributed by atoms with Crippen LogP contribution in [0.2, 0.25) is 10.2 Å². The van der Waals surface area contributed by atoms with Crippen LogP contribution in [0.4, 0.5) is 5.95 Å². The van der Waals surface area contributed by atoms with Gasteiger partial charge in [-0.15, -0.1) is 0 Å². The van der Waals surface area contributed by atoms with Crippen molar-refractivity contribution in [2.24, 2.45) is 0 Å². The van der Waals surface area contributed by atoms with E-state index in [9.17, 15) is 4.79 Å². The van der Waals surface area contributed by atoms with Crippen molar-refractivity contribution in [2.45, 2.75) is 13.0 Å². The van der Waals surface area contributed by atoms with Gasteiger partial charge in [-0.1, -0.05) is 23.2 Å². The molecule has 0 saturated heterocycles. The molecular weight excluding hydrogens is 355 g/mol. The highest BCUT2D eigenvalue weighted by Crippen LogP contribution is 2.21. The number of H-pyrrole nitrogens is 1. The van der Waals surface area contributed by atoms with Gasteiger partial charge in [-0.2, -0.15) is 13.5 Å². The average Bonchev–Trinajstić information content (AvgIpc) is 2.47. The van der Waals surface area contributed by atoms with E-state index in [0.29, 0.717) is 21.7 Å². The standard InChI is InChI=1S/C15H12Cl2N4O.H2S/c1-8(19-15-18-5-4-13(17)21-15)11-7-9-6-10(16)2-3-12(9)20-14(11)22;/h2-8H,1H3,(H,20,22)(H,18,19,21);1H2/t8-;/m0./s1. The van der Waals surface area contributed by atoms with Crippen LogP contribution in [0.1, 0.15) is 18.5 Å². The second kappa shape index (κ2) is 7.21. The maximum absolute atomic E-state index is 12.2. The number of hydrogen-bond donors (Lipinski definition) is 2. The van der Waals surface area contributed by atoms with Crippen LogP contribution in [0.3, 0.4) is 0 Å². The Bertz CT molecular complexity index is 900. The van der Waals surface area contributed by atoms with Gasteiger partial charge in [-0.05, 0) is 37.3 Å².